The molecule has 108 valence electrons. The van der Waals surface area contributed by atoms with Crippen molar-refractivity contribution < 1.29 is 4.74 Å². The summed E-state index contributed by atoms with van der Waals surface area (Å²) in [5.41, 5.74) is 4.39. The van der Waals surface area contributed by atoms with Crippen LogP contribution in [0.2, 0.25) is 0 Å². The van der Waals surface area contributed by atoms with Gasteiger partial charge in [-0.2, -0.15) is 5.10 Å². The summed E-state index contributed by atoms with van der Waals surface area (Å²) >= 11 is 3.61. The van der Waals surface area contributed by atoms with Crippen molar-refractivity contribution in [3.05, 3.63) is 39.6 Å². The van der Waals surface area contributed by atoms with Crippen LogP contribution in [0.25, 0.3) is 0 Å². The third-order valence-corrected chi connectivity index (χ3v) is 4.34. The topological polar surface area (TPSA) is 39.1 Å². The van der Waals surface area contributed by atoms with E-state index in [1.807, 2.05) is 30.7 Å². The van der Waals surface area contributed by atoms with Crippen LogP contribution >= 0.6 is 15.9 Å². The van der Waals surface area contributed by atoms with Gasteiger partial charge in [0.05, 0.1) is 29.5 Å². The molecule has 0 aliphatic carbocycles. The first-order chi connectivity index (χ1) is 9.56. The molecule has 0 saturated carbocycles. The van der Waals surface area contributed by atoms with E-state index in [4.69, 9.17) is 4.74 Å². The molecule has 2 rings (SSSR count). The summed E-state index contributed by atoms with van der Waals surface area (Å²) in [5.74, 6) is 0.908. The molecule has 0 aliphatic heterocycles. The van der Waals surface area contributed by atoms with Crippen molar-refractivity contribution in [2.45, 2.75) is 33.9 Å². The number of halogens is 1. The highest BCUT2D eigenvalue weighted by molar-refractivity contribution is 9.10. The van der Waals surface area contributed by atoms with Gasteiger partial charge in [-0.1, -0.05) is 0 Å². The molecule has 0 aliphatic rings. The fraction of sp³-hybridized carbons (Fsp3) is 0.400. The Morgan fingerprint density at radius 3 is 2.70 bits per heavy atom. The first kappa shape index (κ1) is 14.9. The molecule has 0 atom stereocenters. The number of rotatable bonds is 5. The van der Waals surface area contributed by atoms with Crippen LogP contribution in [0.1, 0.15) is 23.9 Å². The highest BCUT2D eigenvalue weighted by Gasteiger charge is 2.11. The summed E-state index contributed by atoms with van der Waals surface area (Å²) in [4.78, 5) is 0. The smallest absolute Gasteiger partial charge is 0.121 e. The summed E-state index contributed by atoms with van der Waals surface area (Å²) in [6.45, 7) is 7.75. The van der Waals surface area contributed by atoms with E-state index in [9.17, 15) is 0 Å². The molecule has 1 aromatic carbocycles. The van der Waals surface area contributed by atoms with Crippen LogP contribution in [0.15, 0.2) is 22.7 Å². The summed E-state index contributed by atoms with van der Waals surface area (Å²) in [7, 11) is 1.69. The zero-order valence-corrected chi connectivity index (χ0v) is 13.9. The Morgan fingerprint density at radius 1 is 1.35 bits per heavy atom. The minimum atomic E-state index is 0.737. The number of aryl methyl sites for hydroxylation is 3. The predicted octanol–water partition coefficient (Wildman–Crippen LogP) is 3.90. The SMILES string of the molecule is CCn1nc(C)c(Br)c1CNc1ccc(OC)c(C)c1. The molecule has 20 heavy (non-hydrogen) atoms. The standard InChI is InChI=1S/C15H20BrN3O/c1-5-19-13(15(16)11(3)18-19)9-17-12-6-7-14(20-4)10(2)8-12/h6-8,17H,5,9H2,1-4H3. The molecule has 2 aromatic rings. The minimum absolute atomic E-state index is 0.737. The van der Waals surface area contributed by atoms with Crippen molar-refractivity contribution in [1.29, 1.82) is 0 Å². The lowest BCUT2D eigenvalue weighted by atomic mass is 10.2. The Kier molecular flexibility index (Phi) is 4.70. The van der Waals surface area contributed by atoms with Crippen molar-refractivity contribution in [1.82, 2.24) is 9.78 Å². The van der Waals surface area contributed by atoms with E-state index in [1.165, 1.54) is 5.69 Å². The molecular formula is C15H20BrN3O. The number of anilines is 1. The van der Waals surface area contributed by atoms with Gasteiger partial charge in [0.2, 0.25) is 0 Å². The van der Waals surface area contributed by atoms with Crippen molar-refractivity contribution in [2.75, 3.05) is 12.4 Å². The molecule has 5 heteroatoms. The fourth-order valence-electron chi connectivity index (χ4n) is 2.21. The summed E-state index contributed by atoms with van der Waals surface area (Å²) in [6.07, 6.45) is 0. The quantitative estimate of drug-likeness (QED) is 0.899. The number of methoxy groups -OCH3 is 1. The Labute approximate surface area is 128 Å². The monoisotopic (exact) mass is 337 g/mol. The highest BCUT2D eigenvalue weighted by Crippen LogP contribution is 2.24. The average Bonchev–Trinajstić information content (AvgIpc) is 2.72. The van der Waals surface area contributed by atoms with Gasteiger partial charge in [-0.3, -0.25) is 4.68 Å². The fourth-order valence-corrected chi connectivity index (χ4v) is 2.64. The van der Waals surface area contributed by atoms with Gasteiger partial charge in [-0.05, 0) is 60.5 Å². The Balaban J connectivity index is 2.14. The number of hydrogen-bond acceptors (Lipinski definition) is 3. The maximum Gasteiger partial charge on any atom is 0.121 e. The molecule has 0 spiro atoms. The lowest BCUT2D eigenvalue weighted by molar-refractivity contribution is 0.412. The van der Waals surface area contributed by atoms with E-state index in [2.05, 4.69) is 39.3 Å². The molecule has 0 bridgehead atoms. The van der Waals surface area contributed by atoms with E-state index < -0.39 is 0 Å². The van der Waals surface area contributed by atoms with Crippen LogP contribution < -0.4 is 10.1 Å². The van der Waals surface area contributed by atoms with E-state index in [1.54, 1.807) is 7.11 Å². The zero-order chi connectivity index (χ0) is 14.7. The van der Waals surface area contributed by atoms with Crippen LogP contribution in [-0.2, 0) is 13.1 Å². The lowest BCUT2D eigenvalue weighted by Crippen LogP contribution is -2.08. The Hall–Kier alpha value is -1.49. The van der Waals surface area contributed by atoms with E-state index in [0.29, 0.717) is 0 Å². The molecule has 0 saturated heterocycles. The van der Waals surface area contributed by atoms with Crippen LogP contribution in [0, 0.1) is 13.8 Å². The second-order valence-electron chi connectivity index (χ2n) is 4.70. The molecule has 0 fully saturated rings. The van der Waals surface area contributed by atoms with Gasteiger partial charge in [-0.15, -0.1) is 0 Å². The molecule has 1 aromatic heterocycles. The number of nitrogens with zero attached hydrogens (tertiary/aromatic N) is 2. The van der Waals surface area contributed by atoms with Crippen LogP contribution in [-0.4, -0.2) is 16.9 Å². The van der Waals surface area contributed by atoms with Crippen molar-refractivity contribution in [3.8, 4) is 5.75 Å². The average molecular weight is 338 g/mol. The van der Waals surface area contributed by atoms with Gasteiger partial charge < -0.3 is 10.1 Å². The maximum atomic E-state index is 5.27. The second kappa shape index (κ2) is 6.31. The third-order valence-electron chi connectivity index (χ3n) is 3.31. The minimum Gasteiger partial charge on any atom is -0.496 e. The summed E-state index contributed by atoms with van der Waals surface area (Å²) in [5, 5.41) is 7.93. The second-order valence-corrected chi connectivity index (χ2v) is 5.49. The molecular weight excluding hydrogens is 318 g/mol. The number of ether oxygens (including phenoxy) is 1. The van der Waals surface area contributed by atoms with Gasteiger partial charge in [0, 0.05) is 12.2 Å². The van der Waals surface area contributed by atoms with Crippen LogP contribution in [0.4, 0.5) is 5.69 Å². The van der Waals surface area contributed by atoms with Crippen molar-refractivity contribution in [2.24, 2.45) is 0 Å². The van der Waals surface area contributed by atoms with E-state index in [-0.39, 0.29) is 0 Å². The molecule has 0 unspecified atom stereocenters. The highest BCUT2D eigenvalue weighted by atomic mass is 79.9. The first-order valence-corrected chi connectivity index (χ1v) is 7.46. The Bertz CT molecular complexity index is 607. The van der Waals surface area contributed by atoms with Crippen molar-refractivity contribution >= 4 is 21.6 Å². The molecule has 4 nitrogen and oxygen atoms in total. The number of benzene rings is 1. The summed E-state index contributed by atoms with van der Waals surface area (Å²) in [6, 6.07) is 6.10. The van der Waals surface area contributed by atoms with E-state index in [0.717, 1.165) is 40.3 Å². The number of nitrogens with one attached hydrogen (secondary N) is 1. The number of hydrogen-bond donors (Lipinski definition) is 1. The van der Waals surface area contributed by atoms with Gasteiger partial charge in [0.1, 0.15) is 5.75 Å². The normalized spacial score (nSPS) is 10.7. The predicted molar refractivity (Wildman–Crippen MR) is 85.4 cm³/mol. The molecule has 1 N–H and O–H groups in total. The van der Waals surface area contributed by atoms with Crippen LogP contribution in [0.3, 0.4) is 0 Å². The number of aromatic nitrogens is 2. The molecule has 1 heterocycles. The van der Waals surface area contributed by atoms with E-state index >= 15 is 0 Å². The summed E-state index contributed by atoms with van der Waals surface area (Å²) < 4.78 is 8.37. The van der Waals surface area contributed by atoms with Gasteiger partial charge >= 0.3 is 0 Å². The maximum absolute atomic E-state index is 5.27. The van der Waals surface area contributed by atoms with Crippen LogP contribution in [0.5, 0.6) is 5.75 Å². The molecule has 0 amide bonds. The largest absolute Gasteiger partial charge is 0.496 e. The lowest BCUT2D eigenvalue weighted by Gasteiger charge is -2.11. The Morgan fingerprint density at radius 2 is 2.10 bits per heavy atom. The zero-order valence-electron chi connectivity index (χ0n) is 12.3. The van der Waals surface area contributed by atoms with Gasteiger partial charge in [0.25, 0.3) is 0 Å². The molecule has 0 radical (unpaired) electrons. The first-order valence-electron chi connectivity index (χ1n) is 6.67. The van der Waals surface area contributed by atoms with Gasteiger partial charge in [0.15, 0.2) is 0 Å². The van der Waals surface area contributed by atoms with Gasteiger partial charge in [-0.25, -0.2) is 0 Å². The van der Waals surface area contributed by atoms with Crippen molar-refractivity contribution in [3.63, 3.8) is 0 Å². The third kappa shape index (κ3) is 2.98.